The van der Waals surface area contributed by atoms with Crippen molar-refractivity contribution in [2.45, 2.75) is 51.6 Å². The molecule has 1 aliphatic carbocycles. The van der Waals surface area contributed by atoms with Gasteiger partial charge in [-0.2, -0.15) is 0 Å². The molecule has 0 bridgehead atoms. The maximum absolute atomic E-state index is 8.84. The maximum atomic E-state index is 8.84. The zero-order chi connectivity index (χ0) is 15.8. The van der Waals surface area contributed by atoms with Crippen LogP contribution in [0.15, 0.2) is 18.2 Å². The third kappa shape index (κ3) is 4.89. The van der Waals surface area contributed by atoms with Crippen molar-refractivity contribution in [2.24, 2.45) is 5.92 Å². The normalized spacial score (nSPS) is 21.6. The van der Waals surface area contributed by atoms with E-state index in [2.05, 4.69) is 18.3 Å². The van der Waals surface area contributed by atoms with Gasteiger partial charge in [0.25, 0.3) is 0 Å². The molecule has 2 rings (SSSR count). The van der Waals surface area contributed by atoms with Crippen molar-refractivity contribution in [1.82, 2.24) is 5.32 Å². The minimum Gasteiger partial charge on any atom is -0.493 e. The van der Waals surface area contributed by atoms with Gasteiger partial charge in [-0.15, -0.1) is 0 Å². The van der Waals surface area contributed by atoms with Crippen LogP contribution in [0.4, 0.5) is 0 Å². The Morgan fingerprint density at radius 1 is 1.27 bits per heavy atom. The van der Waals surface area contributed by atoms with E-state index in [-0.39, 0.29) is 13.2 Å². The van der Waals surface area contributed by atoms with Crippen molar-refractivity contribution in [3.63, 3.8) is 0 Å². The lowest BCUT2D eigenvalue weighted by molar-refractivity contribution is 0.196. The molecule has 0 aromatic heterocycles. The minimum atomic E-state index is 0.00668. The van der Waals surface area contributed by atoms with Crippen LogP contribution in [-0.4, -0.2) is 31.5 Å². The Hall–Kier alpha value is -1.26. The summed E-state index contributed by atoms with van der Waals surface area (Å²) in [5.41, 5.74) is 1.20. The van der Waals surface area contributed by atoms with Crippen LogP contribution in [0.2, 0.25) is 0 Å². The molecule has 2 unspecified atom stereocenters. The Balaban J connectivity index is 1.89. The fraction of sp³-hybridized carbons (Fsp3) is 0.667. The molecule has 1 aromatic rings. The van der Waals surface area contributed by atoms with Gasteiger partial charge in [0.15, 0.2) is 11.5 Å². The Kier molecular flexibility index (Phi) is 7.00. The van der Waals surface area contributed by atoms with Crippen molar-refractivity contribution in [3.05, 3.63) is 23.8 Å². The van der Waals surface area contributed by atoms with E-state index in [1.54, 1.807) is 7.11 Å². The van der Waals surface area contributed by atoms with Gasteiger partial charge in [-0.3, -0.25) is 0 Å². The smallest absolute Gasteiger partial charge is 0.161 e. The van der Waals surface area contributed by atoms with E-state index in [0.717, 1.165) is 18.2 Å². The van der Waals surface area contributed by atoms with Gasteiger partial charge < -0.3 is 19.9 Å². The van der Waals surface area contributed by atoms with Crippen LogP contribution in [0.1, 0.15) is 44.6 Å². The zero-order valence-corrected chi connectivity index (χ0v) is 13.8. The van der Waals surface area contributed by atoms with E-state index < -0.39 is 0 Å². The topological polar surface area (TPSA) is 50.7 Å². The lowest BCUT2D eigenvalue weighted by Crippen LogP contribution is -2.33. The largest absolute Gasteiger partial charge is 0.493 e. The average Bonchev–Trinajstić information content (AvgIpc) is 2.58. The molecule has 0 amide bonds. The lowest BCUT2D eigenvalue weighted by atomic mass is 9.84. The number of aliphatic hydroxyl groups excluding tert-OH is 1. The number of hydrogen-bond donors (Lipinski definition) is 2. The highest BCUT2D eigenvalue weighted by Gasteiger charge is 2.20. The molecule has 2 atom stereocenters. The first kappa shape index (κ1) is 17.1. The van der Waals surface area contributed by atoms with Gasteiger partial charge >= 0.3 is 0 Å². The molecular weight excluding hydrogens is 278 g/mol. The Labute approximate surface area is 133 Å². The van der Waals surface area contributed by atoms with Crippen LogP contribution in [0.5, 0.6) is 11.5 Å². The number of benzene rings is 1. The van der Waals surface area contributed by atoms with Crippen molar-refractivity contribution in [2.75, 3.05) is 20.3 Å². The second-order valence-electron chi connectivity index (χ2n) is 6.08. The van der Waals surface area contributed by atoms with E-state index in [9.17, 15) is 0 Å². The molecule has 1 aliphatic rings. The molecule has 0 aliphatic heterocycles. The van der Waals surface area contributed by atoms with Gasteiger partial charge in [0.2, 0.25) is 0 Å². The number of methoxy groups -OCH3 is 1. The highest BCUT2D eigenvalue weighted by Crippen LogP contribution is 2.29. The second kappa shape index (κ2) is 9.01. The van der Waals surface area contributed by atoms with Crippen LogP contribution >= 0.6 is 0 Å². The molecule has 0 spiro atoms. The molecule has 0 heterocycles. The molecule has 0 saturated heterocycles. The number of rotatable bonds is 8. The second-order valence-corrected chi connectivity index (χ2v) is 6.08. The monoisotopic (exact) mass is 307 g/mol. The van der Waals surface area contributed by atoms with E-state index in [0.29, 0.717) is 11.8 Å². The summed E-state index contributed by atoms with van der Waals surface area (Å²) in [5, 5.41) is 12.5. The summed E-state index contributed by atoms with van der Waals surface area (Å²) < 4.78 is 10.8. The first-order valence-corrected chi connectivity index (χ1v) is 8.40. The molecule has 4 heteroatoms. The first-order chi connectivity index (χ1) is 10.8. The number of nitrogens with one attached hydrogen (secondary N) is 1. The molecule has 1 fully saturated rings. The zero-order valence-electron chi connectivity index (χ0n) is 13.8. The molecule has 1 saturated carbocycles. The van der Waals surface area contributed by atoms with Crippen LogP contribution in [0.3, 0.4) is 0 Å². The lowest BCUT2D eigenvalue weighted by Gasteiger charge is -2.29. The fourth-order valence-electron chi connectivity index (χ4n) is 3.21. The molecular formula is C18H29NO3. The molecule has 0 radical (unpaired) electrons. The third-order valence-corrected chi connectivity index (χ3v) is 4.53. The summed E-state index contributed by atoms with van der Waals surface area (Å²) in [6.45, 7) is 3.45. The van der Waals surface area contributed by atoms with Gasteiger partial charge in [0.05, 0.1) is 13.7 Å². The first-order valence-electron chi connectivity index (χ1n) is 8.40. The van der Waals surface area contributed by atoms with Gasteiger partial charge in [-0.25, -0.2) is 0 Å². The van der Waals surface area contributed by atoms with Crippen molar-refractivity contribution in [1.29, 1.82) is 0 Å². The summed E-state index contributed by atoms with van der Waals surface area (Å²) in [7, 11) is 1.64. The van der Waals surface area contributed by atoms with Crippen molar-refractivity contribution in [3.8, 4) is 11.5 Å². The third-order valence-electron chi connectivity index (χ3n) is 4.53. The minimum absolute atomic E-state index is 0.00668. The predicted molar refractivity (Wildman–Crippen MR) is 88.5 cm³/mol. The summed E-state index contributed by atoms with van der Waals surface area (Å²) in [6, 6.07) is 6.62. The number of hydrogen-bond acceptors (Lipinski definition) is 4. The van der Waals surface area contributed by atoms with Crippen molar-refractivity contribution < 1.29 is 14.6 Å². The standard InChI is InChI=1S/C18H29NO3/c1-3-14-5-4-6-16(11-14)19-13-15-7-8-17(22-10-9-20)18(12-15)21-2/h7-8,12,14,16,19-20H,3-6,9-11,13H2,1-2H3. The Morgan fingerprint density at radius 3 is 2.86 bits per heavy atom. The quantitative estimate of drug-likeness (QED) is 0.775. The Bertz CT molecular complexity index is 450. The molecule has 22 heavy (non-hydrogen) atoms. The fourth-order valence-corrected chi connectivity index (χ4v) is 3.21. The van der Waals surface area contributed by atoms with Crippen LogP contribution in [-0.2, 0) is 6.54 Å². The van der Waals surface area contributed by atoms with E-state index in [4.69, 9.17) is 14.6 Å². The summed E-state index contributed by atoms with van der Waals surface area (Å²) in [5.74, 6) is 2.29. The number of ether oxygens (including phenoxy) is 2. The predicted octanol–water partition coefficient (Wildman–Crippen LogP) is 3.12. The maximum Gasteiger partial charge on any atom is 0.161 e. The Morgan fingerprint density at radius 2 is 2.14 bits per heavy atom. The van der Waals surface area contributed by atoms with E-state index >= 15 is 0 Å². The van der Waals surface area contributed by atoms with Gasteiger partial charge in [-0.1, -0.05) is 32.3 Å². The van der Waals surface area contributed by atoms with Crippen LogP contribution < -0.4 is 14.8 Å². The summed E-state index contributed by atoms with van der Waals surface area (Å²) in [4.78, 5) is 0. The molecule has 2 N–H and O–H groups in total. The van der Waals surface area contributed by atoms with Crippen LogP contribution in [0, 0.1) is 5.92 Å². The van der Waals surface area contributed by atoms with Crippen molar-refractivity contribution >= 4 is 0 Å². The summed E-state index contributed by atoms with van der Waals surface area (Å²) >= 11 is 0. The highest BCUT2D eigenvalue weighted by atomic mass is 16.5. The molecule has 4 nitrogen and oxygen atoms in total. The van der Waals surface area contributed by atoms with Gasteiger partial charge in [0.1, 0.15) is 6.61 Å². The van der Waals surface area contributed by atoms with Crippen LogP contribution in [0.25, 0.3) is 0 Å². The summed E-state index contributed by atoms with van der Waals surface area (Å²) in [6.07, 6.45) is 6.60. The SMILES string of the molecule is CCC1CCCC(NCc2ccc(OCCO)c(OC)c2)C1. The van der Waals surface area contributed by atoms with E-state index in [1.807, 2.05) is 12.1 Å². The van der Waals surface area contributed by atoms with E-state index in [1.165, 1.54) is 37.7 Å². The molecule has 124 valence electrons. The van der Waals surface area contributed by atoms with Gasteiger partial charge in [-0.05, 0) is 36.5 Å². The molecule has 1 aromatic carbocycles. The van der Waals surface area contributed by atoms with Gasteiger partial charge in [0, 0.05) is 12.6 Å². The highest BCUT2D eigenvalue weighted by molar-refractivity contribution is 5.42. The number of aliphatic hydroxyl groups is 1. The average molecular weight is 307 g/mol.